The van der Waals surface area contributed by atoms with Gasteiger partial charge in [-0.3, -0.25) is 9.59 Å². The molecule has 0 saturated heterocycles. The van der Waals surface area contributed by atoms with E-state index < -0.39 is 63.3 Å². The zero-order valence-electron chi connectivity index (χ0n) is 21.7. The Balaban J connectivity index is 2.13. The fourth-order valence-corrected chi connectivity index (χ4v) is 4.95. The van der Waals surface area contributed by atoms with E-state index in [0.717, 1.165) is 24.3 Å². The number of carbonyl (C=O) groups is 2. The molecule has 0 aliphatic carbocycles. The molecule has 10 N–H and O–H groups in total. The van der Waals surface area contributed by atoms with E-state index in [9.17, 15) is 19.8 Å². The third kappa shape index (κ3) is 5.11. The van der Waals surface area contributed by atoms with Crippen molar-refractivity contribution in [2.45, 2.75) is 17.8 Å². The molecule has 0 atom stereocenters. The second-order valence-corrected chi connectivity index (χ2v) is 9.55. The molecule has 0 spiro atoms. The molecule has 2 amide bonds. The highest BCUT2D eigenvalue weighted by Crippen LogP contribution is 2.58. The molecule has 4 aromatic carbocycles. The molecule has 224 valence electrons. The molecule has 8 nitrogen and oxygen atoms in total. The lowest BCUT2D eigenvalue weighted by Crippen LogP contribution is -2.54. The predicted molar refractivity (Wildman–Crippen MR) is 146 cm³/mol. The van der Waals surface area contributed by atoms with Gasteiger partial charge in [-0.1, -0.05) is 12.1 Å². The van der Waals surface area contributed by atoms with Crippen LogP contribution in [0.25, 0.3) is 22.3 Å². The number of aromatic hydroxyl groups is 2. The van der Waals surface area contributed by atoms with Crippen LogP contribution >= 0.6 is 0 Å². The van der Waals surface area contributed by atoms with Gasteiger partial charge in [-0.25, -0.2) is 0 Å². The van der Waals surface area contributed by atoms with E-state index >= 15 is 26.3 Å². The standard InChI is InChI=1S/C29H22F6N4O4/c30-28(31,32)27(29(33,34)35,13-1-7-23(40)21(9-13)19-11-15(36)3-5-17(19)25(38)42)14-2-8-24(41)22(10-14)20-12-16(37)4-6-18(20)26(39)43/h1-12,40-41H,36-37H2,(H2,38,42)(H2,39,43). The van der Waals surface area contributed by atoms with Crippen molar-refractivity contribution < 1.29 is 46.1 Å². The van der Waals surface area contributed by atoms with Crippen molar-refractivity contribution in [2.75, 3.05) is 11.5 Å². The minimum atomic E-state index is -6.09. The summed E-state index contributed by atoms with van der Waals surface area (Å²) in [5, 5.41) is 21.0. The van der Waals surface area contributed by atoms with Gasteiger partial charge >= 0.3 is 12.4 Å². The van der Waals surface area contributed by atoms with E-state index in [4.69, 9.17) is 22.9 Å². The summed E-state index contributed by atoms with van der Waals surface area (Å²) in [5.74, 6) is -3.72. The van der Waals surface area contributed by atoms with E-state index in [1.54, 1.807) is 0 Å². The molecule has 0 heterocycles. The molecule has 0 fully saturated rings. The molecular weight excluding hydrogens is 582 g/mol. The van der Waals surface area contributed by atoms with Crippen LogP contribution in [0.15, 0.2) is 72.8 Å². The number of benzene rings is 4. The summed E-state index contributed by atoms with van der Waals surface area (Å²) in [7, 11) is 0. The summed E-state index contributed by atoms with van der Waals surface area (Å²) in [4.78, 5) is 24.0. The molecule has 4 aromatic rings. The average Bonchev–Trinajstić information content (AvgIpc) is 2.88. The molecule has 0 unspecified atom stereocenters. The zero-order chi connectivity index (χ0) is 32.1. The number of hydrogen-bond donors (Lipinski definition) is 6. The van der Waals surface area contributed by atoms with Gasteiger partial charge in [-0.2, -0.15) is 26.3 Å². The largest absolute Gasteiger partial charge is 0.507 e. The van der Waals surface area contributed by atoms with Crippen LogP contribution in [0.2, 0.25) is 0 Å². The number of hydrogen-bond acceptors (Lipinski definition) is 6. The number of halogens is 6. The second kappa shape index (κ2) is 10.5. The predicted octanol–water partition coefficient (Wildman–Crippen LogP) is 5.20. The molecule has 4 rings (SSSR count). The first kappa shape index (κ1) is 30.6. The molecule has 0 radical (unpaired) electrons. The lowest BCUT2D eigenvalue weighted by Gasteiger charge is -2.39. The number of alkyl halides is 6. The maximum atomic E-state index is 15.0. The molecule has 0 bridgehead atoms. The molecule has 0 aliphatic heterocycles. The van der Waals surface area contributed by atoms with Crippen molar-refractivity contribution in [2.24, 2.45) is 11.5 Å². The van der Waals surface area contributed by atoms with Crippen LogP contribution < -0.4 is 22.9 Å². The summed E-state index contributed by atoms with van der Waals surface area (Å²) in [6.45, 7) is 0. The second-order valence-electron chi connectivity index (χ2n) is 9.55. The molecule has 14 heteroatoms. The Morgan fingerprint density at radius 2 is 0.884 bits per heavy atom. The van der Waals surface area contributed by atoms with Gasteiger partial charge in [0.05, 0.1) is 0 Å². The Morgan fingerprint density at radius 1 is 0.535 bits per heavy atom. The third-order valence-electron chi connectivity index (χ3n) is 6.91. The quantitative estimate of drug-likeness (QED) is 0.130. The van der Waals surface area contributed by atoms with Gasteiger partial charge in [0.25, 0.3) is 0 Å². The van der Waals surface area contributed by atoms with Gasteiger partial charge in [0.15, 0.2) is 0 Å². The summed E-state index contributed by atoms with van der Waals surface area (Å²) < 4.78 is 90.1. The summed E-state index contributed by atoms with van der Waals surface area (Å²) in [6.07, 6.45) is -12.2. The van der Waals surface area contributed by atoms with Crippen molar-refractivity contribution in [1.82, 2.24) is 0 Å². The van der Waals surface area contributed by atoms with Gasteiger partial charge in [0, 0.05) is 44.8 Å². The Morgan fingerprint density at radius 3 is 1.19 bits per heavy atom. The normalized spacial score (nSPS) is 12.2. The van der Waals surface area contributed by atoms with Crippen molar-refractivity contribution >= 4 is 23.2 Å². The first-order chi connectivity index (χ1) is 19.9. The van der Waals surface area contributed by atoms with Gasteiger partial charge in [0.2, 0.25) is 17.2 Å². The SMILES string of the molecule is NC(=O)c1ccc(N)cc1-c1cc(C(c2ccc(O)c(-c3cc(N)ccc3C(N)=O)c2)(C(F)(F)F)C(F)(F)F)ccc1O. The minimum absolute atomic E-state index is 0.0294. The Hall–Kier alpha value is -5.40. The number of primary amides is 2. The van der Waals surface area contributed by atoms with Crippen LogP contribution in [0, 0.1) is 0 Å². The van der Waals surface area contributed by atoms with Crippen molar-refractivity contribution in [3.63, 3.8) is 0 Å². The summed E-state index contributed by atoms with van der Waals surface area (Å²) in [5.41, 5.74) is 12.0. The van der Waals surface area contributed by atoms with Gasteiger partial charge < -0.3 is 33.1 Å². The fourth-order valence-electron chi connectivity index (χ4n) is 4.95. The smallest absolute Gasteiger partial charge is 0.411 e. The first-order valence-electron chi connectivity index (χ1n) is 12.1. The van der Waals surface area contributed by atoms with E-state index in [-0.39, 0.29) is 33.6 Å². The highest BCUT2D eigenvalue weighted by atomic mass is 19.4. The number of nitrogen functional groups attached to an aromatic ring is 2. The number of carbonyl (C=O) groups excluding carboxylic acids is 2. The number of nitrogens with two attached hydrogens (primary N) is 4. The van der Waals surface area contributed by atoms with Gasteiger partial charge in [-0.05, 0) is 71.8 Å². The van der Waals surface area contributed by atoms with Crippen molar-refractivity contribution in [3.8, 4) is 33.8 Å². The van der Waals surface area contributed by atoms with Crippen LogP contribution in [0.3, 0.4) is 0 Å². The first-order valence-corrected chi connectivity index (χ1v) is 12.1. The zero-order valence-corrected chi connectivity index (χ0v) is 21.7. The molecular formula is C29H22F6N4O4. The van der Waals surface area contributed by atoms with E-state index in [1.807, 2.05) is 0 Å². The maximum Gasteiger partial charge on any atom is 0.411 e. The highest BCUT2D eigenvalue weighted by Gasteiger charge is 2.72. The number of rotatable bonds is 6. The van der Waals surface area contributed by atoms with Crippen LogP contribution in [0.4, 0.5) is 37.7 Å². The lowest BCUT2D eigenvalue weighted by atomic mass is 9.71. The number of amides is 2. The van der Waals surface area contributed by atoms with E-state index in [2.05, 4.69) is 0 Å². The highest BCUT2D eigenvalue weighted by molar-refractivity contribution is 6.02. The fraction of sp³-hybridized carbons (Fsp3) is 0.103. The summed E-state index contributed by atoms with van der Waals surface area (Å²) in [6, 6.07) is 9.72. The Kier molecular flexibility index (Phi) is 7.43. The maximum absolute atomic E-state index is 15.0. The average molecular weight is 605 g/mol. The summed E-state index contributed by atoms with van der Waals surface area (Å²) >= 11 is 0. The van der Waals surface area contributed by atoms with Crippen molar-refractivity contribution in [3.05, 3.63) is 95.1 Å². The Labute approximate surface area is 239 Å². The molecule has 0 aliphatic rings. The monoisotopic (exact) mass is 604 g/mol. The minimum Gasteiger partial charge on any atom is -0.507 e. The number of phenolic OH excluding ortho intramolecular Hbond substituents is 2. The number of anilines is 2. The van der Waals surface area contributed by atoms with Crippen LogP contribution in [0.1, 0.15) is 31.8 Å². The molecule has 0 saturated carbocycles. The molecule has 43 heavy (non-hydrogen) atoms. The van der Waals surface area contributed by atoms with E-state index in [0.29, 0.717) is 36.4 Å². The number of phenols is 2. The topological polar surface area (TPSA) is 179 Å². The molecule has 0 aromatic heterocycles. The van der Waals surface area contributed by atoms with Crippen LogP contribution in [0.5, 0.6) is 11.5 Å². The van der Waals surface area contributed by atoms with Crippen molar-refractivity contribution in [1.29, 1.82) is 0 Å². The Bertz CT molecular complexity index is 1640. The van der Waals surface area contributed by atoms with E-state index in [1.165, 1.54) is 12.1 Å². The third-order valence-corrected chi connectivity index (χ3v) is 6.91. The van der Waals surface area contributed by atoms with Gasteiger partial charge in [0.1, 0.15) is 11.5 Å². The van der Waals surface area contributed by atoms with Crippen LogP contribution in [-0.2, 0) is 5.41 Å². The van der Waals surface area contributed by atoms with Crippen LogP contribution in [-0.4, -0.2) is 34.4 Å². The lowest BCUT2D eigenvalue weighted by molar-refractivity contribution is -0.288. The van der Waals surface area contributed by atoms with Gasteiger partial charge in [-0.15, -0.1) is 0 Å².